The van der Waals surface area contributed by atoms with Crippen LogP contribution in [0.5, 0.6) is 5.75 Å². The van der Waals surface area contributed by atoms with Crippen molar-refractivity contribution in [1.29, 1.82) is 0 Å². The van der Waals surface area contributed by atoms with Crippen molar-refractivity contribution in [3.63, 3.8) is 0 Å². The number of hydrogen-bond acceptors (Lipinski definition) is 7. The smallest absolute Gasteiger partial charge is 0.161 e. The summed E-state index contributed by atoms with van der Waals surface area (Å²) in [5.74, 6) is 0.626. The number of halogens is 1. The molecule has 0 spiro atoms. The third-order valence-electron chi connectivity index (χ3n) is 6.85. The van der Waals surface area contributed by atoms with Crippen LogP contribution in [0.4, 0.5) is 4.39 Å². The summed E-state index contributed by atoms with van der Waals surface area (Å²) in [5, 5.41) is 14.3. The molecule has 11 heteroatoms. The van der Waals surface area contributed by atoms with Crippen molar-refractivity contribution in [2.75, 3.05) is 26.2 Å². The molecule has 1 aliphatic heterocycles. The lowest BCUT2D eigenvalue weighted by atomic mass is 10.1. The van der Waals surface area contributed by atoms with E-state index in [-0.39, 0.29) is 5.82 Å². The van der Waals surface area contributed by atoms with Gasteiger partial charge in [0.1, 0.15) is 29.2 Å². The Balaban J connectivity index is 1.23. The molecule has 0 bridgehead atoms. The van der Waals surface area contributed by atoms with Gasteiger partial charge in [-0.25, -0.2) is 14.4 Å². The van der Waals surface area contributed by atoms with Crippen molar-refractivity contribution in [3.05, 3.63) is 60.8 Å². The molecule has 5 aromatic heterocycles. The average Bonchev–Trinajstić information content (AvgIpc) is 3.73. The average molecular weight is 510 g/mol. The van der Waals surface area contributed by atoms with E-state index < -0.39 is 0 Å². The number of nitrogens with zero attached hydrogens (tertiary/aromatic N) is 6. The minimum absolute atomic E-state index is 0.387. The number of pyridine rings is 2. The molecule has 6 aromatic rings. The normalized spacial score (nSPS) is 14.1. The maximum Gasteiger partial charge on any atom is 0.161 e. The lowest BCUT2D eigenvalue weighted by Gasteiger charge is -2.15. The molecule has 1 aliphatic rings. The Morgan fingerprint density at radius 1 is 0.947 bits per heavy atom. The quantitative estimate of drug-likeness (QED) is 0.288. The maximum absolute atomic E-state index is 14.6. The van der Waals surface area contributed by atoms with Crippen LogP contribution in [0, 0.1) is 5.82 Å². The second kappa shape index (κ2) is 9.34. The molecular weight excluding hydrogens is 485 g/mol. The van der Waals surface area contributed by atoms with Crippen molar-refractivity contribution in [2.24, 2.45) is 0 Å². The molecule has 0 radical (unpaired) electrons. The summed E-state index contributed by atoms with van der Waals surface area (Å²) in [5.41, 5.74) is 6.20. The van der Waals surface area contributed by atoms with Crippen molar-refractivity contribution in [2.45, 2.75) is 12.8 Å². The molecule has 10 nitrogen and oxygen atoms in total. The number of benzene rings is 1. The zero-order chi connectivity index (χ0) is 25.5. The Morgan fingerprint density at radius 3 is 2.71 bits per heavy atom. The predicted molar refractivity (Wildman–Crippen MR) is 141 cm³/mol. The predicted octanol–water partition coefficient (Wildman–Crippen LogP) is 4.57. The Bertz CT molecular complexity index is 1730. The number of hydrogen-bond donors (Lipinski definition) is 3. The first-order chi connectivity index (χ1) is 18.7. The number of fused-ring (bicyclic) bond motifs is 2. The summed E-state index contributed by atoms with van der Waals surface area (Å²) < 4.78 is 20.5. The second-order valence-corrected chi connectivity index (χ2v) is 9.37. The number of imidazole rings is 1. The standard InChI is InChI=1S/C27H24FN9O/c28-18-11-16(12-19(13-18)38-10-9-37-7-1-2-8-37)23-24-21(5-6-29-23)33-27(34-24)26-25-22(35-36-26)4-3-20(32-25)17-14-30-31-15-17/h3-6,11-15H,1-2,7-10H2,(H,30,31)(H,33,34)(H,35,36). The highest BCUT2D eigenvalue weighted by molar-refractivity contribution is 5.95. The molecule has 190 valence electrons. The van der Waals surface area contributed by atoms with Crippen LogP contribution >= 0.6 is 0 Å². The van der Waals surface area contributed by atoms with Gasteiger partial charge in [-0.2, -0.15) is 10.2 Å². The zero-order valence-electron chi connectivity index (χ0n) is 20.4. The lowest BCUT2D eigenvalue weighted by Crippen LogP contribution is -2.25. The van der Waals surface area contributed by atoms with Crippen LogP contribution in [-0.2, 0) is 0 Å². The summed E-state index contributed by atoms with van der Waals surface area (Å²) in [4.78, 5) is 19.8. The maximum atomic E-state index is 14.6. The van der Waals surface area contributed by atoms with Crippen LogP contribution in [0.1, 0.15) is 12.8 Å². The van der Waals surface area contributed by atoms with Gasteiger partial charge in [0.2, 0.25) is 0 Å². The highest BCUT2D eigenvalue weighted by Crippen LogP contribution is 2.32. The highest BCUT2D eigenvalue weighted by atomic mass is 19.1. The Kier molecular flexibility index (Phi) is 5.54. The number of ether oxygens (including phenoxy) is 1. The Morgan fingerprint density at radius 2 is 1.84 bits per heavy atom. The number of likely N-dealkylation sites (tertiary alicyclic amines) is 1. The van der Waals surface area contributed by atoms with Gasteiger partial charge < -0.3 is 9.72 Å². The van der Waals surface area contributed by atoms with E-state index in [2.05, 4.69) is 35.3 Å². The molecule has 1 saturated heterocycles. The lowest BCUT2D eigenvalue weighted by molar-refractivity contribution is 0.237. The summed E-state index contributed by atoms with van der Waals surface area (Å²) >= 11 is 0. The fourth-order valence-electron chi connectivity index (χ4n) is 4.96. The molecule has 0 aliphatic carbocycles. The summed E-state index contributed by atoms with van der Waals surface area (Å²) in [6.45, 7) is 3.52. The zero-order valence-corrected chi connectivity index (χ0v) is 20.4. The van der Waals surface area contributed by atoms with Gasteiger partial charge >= 0.3 is 0 Å². The minimum Gasteiger partial charge on any atom is -0.492 e. The number of H-pyrrole nitrogens is 3. The van der Waals surface area contributed by atoms with Crippen LogP contribution < -0.4 is 4.74 Å². The molecule has 0 amide bonds. The van der Waals surface area contributed by atoms with E-state index in [1.807, 2.05) is 24.3 Å². The highest BCUT2D eigenvalue weighted by Gasteiger charge is 2.18. The van der Waals surface area contributed by atoms with E-state index in [1.54, 1.807) is 18.6 Å². The van der Waals surface area contributed by atoms with Gasteiger partial charge in [0.15, 0.2) is 11.5 Å². The Hall–Kier alpha value is -4.64. The molecule has 1 aromatic carbocycles. The molecule has 38 heavy (non-hydrogen) atoms. The first kappa shape index (κ1) is 22.5. The monoisotopic (exact) mass is 509 g/mol. The van der Waals surface area contributed by atoms with Crippen LogP contribution in [0.25, 0.3) is 56.1 Å². The molecule has 0 unspecified atom stereocenters. The topological polar surface area (TPSA) is 124 Å². The number of aromatic nitrogens is 8. The number of aromatic amines is 3. The van der Waals surface area contributed by atoms with E-state index in [0.717, 1.165) is 41.9 Å². The van der Waals surface area contributed by atoms with E-state index >= 15 is 0 Å². The SMILES string of the molecule is Fc1cc(OCCN2CCCC2)cc(-c2nccc3[nH]c(-c4n[nH]c5ccc(-c6cn[nH]c6)nc45)nc23)c1. The van der Waals surface area contributed by atoms with E-state index in [1.165, 1.54) is 25.0 Å². The third kappa shape index (κ3) is 4.16. The van der Waals surface area contributed by atoms with Gasteiger partial charge in [-0.15, -0.1) is 0 Å². The number of rotatable bonds is 7. The van der Waals surface area contributed by atoms with Crippen LogP contribution in [0.2, 0.25) is 0 Å². The minimum atomic E-state index is -0.387. The summed E-state index contributed by atoms with van der Waals surface area (Å²) in [6, 6.07) is 10.3. The van der Waals surface area contributed by atoms with Crippen molar-refractivity contribution >= 4 is 22.1 Å². The van der Waals surface area contributed by atoms with Gasteiger partial charge in [-0.1, -0.05) is 0 Å². The number of nitrogens with one attached hydrogen (secondary N) is 3. The first-order valence-corrected chi connectivity index (χ1v) is 12.6. The largest absolute Gasteiger partial charge is 0.492 e. The molecule has 3 N–H and O–H groups in total. The van der Waals surface area contributed by atoms with E-state index in [4.69, 9.17) is 14.7 Å². The van der Waals surface area contributed by atoms with E-state index in [0.29, 0.717) is 46.2 Å². The van der Waals surface area contributed by atoms with Gasteiger partial charge in [0.05, 0.1) is 28.6 Å². The fraction of sp³-hybridized carbons (Fsp3) is 0.222. The van der Waals surface area contributed by atoms with Crippen LogP contribution in [-0.4, -0.2) is 71.5 Å². The molecule has 0 saturated carbocycles. The fourth-order valence-corrected chi connectivity index (χ4v) is 4.96. The second-order valence-electron chi connectivity index (χ2n) is 9.37. The molecule has 0 atom stereocenters. The van der Waals surface area contributed by atoms with Crippen molar-refractivity contribution in [3.8, 4) is 39.8 Å². The van der Waals surface area contributed by atoms with Crippen LogP contribution in [0.15, 0.2) is 55.0 Å². The van der Waals surface area contributed by atoms with Gasteiger partial charge in [-0.05, 0) is 56.3 Å². The van der Waals surface area contributed by atoms with Crippen molar-refractivity contribution in [1.82, 2.24) is 45.2 Å². The summed E-state index contributed by atoms with van der Waals surface area (Å²) in [6.07, 6.45) is 7.63. The van der Waals surface area contributed by atoms with Gasteiger partial charge in [0.25, 0.3) is 0 Å². The van der Waals surface area contributed by atoms with E-state index in [9.17, 15) is 4.39 Å². The molecule has 6 heterocycles. The Labute approximate surface area is 216 Å². The molecule has 1 fully saturated rings. The third-order valence-corrected chi connectivity index (χ3v) is 6.85. The molecule has 7 rings (SSSR count). The van der Waals surface area contributed by atoms with Crippen LogP contribution in [0.3, 0.4) is 0 Å². The molecular formula is C27H24FN9O. The van der Waals surface area contributed by atoms with Gasteiger partial charge in [0, 0.05) is 36.1 Å². The van der Waals surface area contributed by atoms with Crippen molar-refractivity contribution < 1.29 is 9.13 Å². The first-order valence-electron chi connectivity index (χ1n) is 12.6. The van der Waals surface area contributed by atoms with Gasteiger partial charge in [-0.3, -0.25) is 20.1 Å². The summed E-state index contributed by atoms with van der Waals surface area (Å²) in [7, 11) is 0.